The van der Waals surface area contributed by atoms with Crippen molar-refractivity contribution in [2.24, 2.45) is 0 Å². The van der Waals surface area contributed by atoms with Crippen LogP contribution in [0.5, 0.6) is 0 Å². The van der Waals surface area contributed by atoms with Gasteiger partial charge in [-0.05, 0) is 48.6 Å². The first kappa shape index (κ1) is 23.1. The third kappa shape index (κ3) is 4.39. The van der Waals surface area contributed by atoms with Crippen LogP contribution >= 0.6 is 11.6 Å². The molecule has 1 N–H and O–H groups in total. The molecule has 0 unspecified atom stereocenters. The van der Waals surface area contributed by atoms with E-state index in [1.807, 2.05) is 30.4 Å². The summed E-state index contributed by atoms with van der Waals surface area (Å²) in [5, 5.41) is 15.0. The Morgan fingerprint density at radius 1 is 1.05 bits per heavy atom. The molecule has 1 aliphatic heterocycles. The molecule has 1 aliphatic rings. The fraction of sp³-hybridized carbons (Fsp3) is 0.148. The second-order valence-corrected chi connectivity index (χ2v) is 8.91. The maximum Gasteiger partial charge on any atom is 0.336 e. The van der Waals surface area contributed by atoms with Crippen molar-refractivity contribution in [1.29, 1.82) is 0 Å². The lowest BCUT2D eigenvalue weighted by molar-refractivity contribution is 0.0699. The molecule has 9 nitrogen and oxygen atoms in total. The standard InChI is InChI=1S/C27H21ClN6O3/c28-24-15-23(33-11-13-37-14-12-33)26-31-22(25(34(26)32-24)17-3-2-10-29-16-17)9-7-18-6-8-19-20(27(35)36)4-1-5-21(19)30-18/h1-10,15-16H,11-14H2,(H,35,36). The lowest BCUT2D eigenvalue weighted by Gasteiger charge is -2.28. The molecule has 0 radical (unpaired) electrons. The van der Waals surface area contributed by atoms with Crippen LogP contribution in [0.1, 0.15) is 21.7 Å². The van der Waals surface area contributed by atoms with Crippen LogP contribution < -0.4 is 4.90 Å². The van der Waals surface area contributed by atoms with Gasteiger partial charge in [-0.25, -0.2) is 19.3 Å². The number of anilines is 1. The number of benzene rings is 1. The van der Waals surface area contributed by atoms with E-state index < -0.39 is 5.97 Å². The molecule has 0 spiro atoms. The van der Waals surface area contributed by atoms with Crippen molar-refractivity contribution in [3.05, 3.63) is 83.0 Å². The Hall–Kier alpha value is -4.34. The highest BCUT2D eigenvalue weighted by molar-refractivity contribution is 6.29. The van der Waals surface area contributed by atoms with Crippen LogP contribution in [0.2, 0.25) is 5.15 Å². The third-order valence-electron chi connectivity index (χ3n) is 6.24. The second kappa shape index (κ2) is 9.61. The van der Waals surface area contributed by atoms with E-state index in [1.165, 1.54) is 0 Å². The summed E-state index contributed by atoms with van der Waals surface area (Å²) in [5.74, 6) is -0.983. The van der Waals surface area contributed by atoms with Crippen LogP contribution in [-0.2, 0) is 4.74 Å². The molecule has 184 valence electrons. The Morgan fingerprint density at radius 3 is 2.70 bits per heavy atom. The Balaban J connectivity index is 1.49. The number of rotatable bonds is 5. The predicted molar refractivity (Wildman–Crippen MR) is 142 cm³/mol. The molecule has 0 bridgehead atoms. The van der Waals surface area contributed by atoms with Crippen molar-refractivity contribution < 1.29 is 14.6 Å². The largest absolute Gasteiger partial charge is 0.478 e. The Labute approximate surface area is 216 Å². The van der Waals surface area contributed by atoms with Gasteiger partial charge in [-0.3, -0.25) is 4.98 Å². The first-order valence-electron chi connectivity index (χ1n) is 11.7. The number of carboxylic acid groups (broad SMARTS) is 1. The normalized spacial score (nSPS) is 14.1. The number of hydrogen-bond acceptors (Lipinski definition) is 7. The minimum Gasteiger partial charge on any atom is -0.478 e. The zero-order valence-corrected chi connectivity index (χ0v) is 20.3. The van der Waals surface area contributed by atoms with Crippen LogP contribution in [0.15, 0.2) is 60.9 Å². The van der Waals surface area contributed by atoms with Crippen molar-refractivity contribution in [2.45, 2.75) is 0 Å². The molecule has 5 aromatic rings. The van der Waals surface area contributed by atoms with Crippen LogP contribution in [-0.4, -0.2) is 61.9 Å². The molecule has 1 fully saturated rings. The van der Waals surface area contributed by atoms with E-state index in [4.69, 9.17) is 21.3 Å². The predicted octanol–water partition coefficient (Wildman–Crippen LogP) is 4.70. The van der Waals surface area contributed by atoms with Crippen molar-refractivity contribution in [2.75, 3.05) is 31.2 Å². The third-order valence-corrected chi connectivity index (χ3v) is 6.43. The maximum atomic E-state index is 11.6. The van der Waals surface area contributed by atoms with E-state index in [1.54, 1.807) is 47.2 Å². The maximum absolute atomic E-state index is 11.6. The molecule has 1 aromatic carbocycles. The summed E-state index contributed by atoms with van der Waals surface area (Å²) in [6, 6.07) is 14.3. The smallest absolute Gasteiger partial charge is 0.336 e. The molecule has 4 aromatic heterocycles. The van der Waals surface area contributed by atoms with E-state index in [2.05, 4.69) is 20.0 Å². The van der Waals surface area contributed by atoms with E-state index >= 15 is 0 Å². The van der Waals surface area contributed by atoms with Gasteiger partial charge in [0, 0.05) is 42.5 Å². The van der Waals surface area contributed by atoms with Gasteiger partial charge < -0.3 is 14.7 Å². The quantitative estimate of drug-likeness (QED) is 0.361. The minimum absolute atomic E-state index is 0.221. The Bertz CT molecular complexity index is 1660. The number of fused-ring (bicyclic) bond motifs is 2. The van der Waals surface area contributed by atoms with Crippen molar-refractivity contribution in [3.8, 4) is 11.3 Å². The molecule has 0 amide bonds. The minimum atomic E-state index is -0.983. The first-order chi connectivity index (χ1) is 18.1. The van der Waals surface area contributed by atoms with Gasteiger partial charge in [0.25, 0.3) is 0 Å². The Morgan fingerprint density at radius 2 is 1.92 bits per heavy atom. The highest BCUT2D eigenvalue weighted by atomic mass is 35.5. The van der Waals surface area contributed by atoms with Gasteiger partial charge in [0.05, 0.1) is 41.4 Å². The fourth-order valence-corrected chi connectivity index (χ4v) is 4.71. The van der Waals surface area contributed by atoms with Crippen LogP contribution in [0.25, 0.3) is 40.0 Å². The number of halogens is 1. The number of morpholine rings is 1. The average Bonchev–Trinajstić information content (AvgIpc) is 3.29. The summed E-state index contributed by atoms with van der Waals surface area (Å²) in [6.45, 7) is 2.73. The molecule has 0 atom stereocenters. The molecule has 6 rings (SSSR count). The van der Waals surface area contributed by atoms with Gasteiger partial charge in [-0.2, -0.15) is 5.10 Å². The van der Waals surface area contributed by atoms with Crippen LogP contribution in [0, 0.1) is 0 Å². The number of ether oxygens (including phenoxy) is 1. The molecule has 10 heteroatoms. The number of carbonyl (C=O) groups is 1. The van der Waals surface area contributed by atoms with E-state index in [0.29, 0.717) is 46.3 Å². The van der Waals surface area contributed by atoms with Gasteiger partial charge >= 0.3 is 5.97 Å². The molecular formula is C27H21ClN6O3. The van der Waals surface area contributed by atoms with Gasteiger partial charge in [0.2, 0.25) is 0 Å². The van der Waals surface area contributed by atoms with E-state index in [0.717, 1.165) is 30.0 Å². The lowest BCUT2D eigenvalue weighted by Crippen LogP contribution is -2.36. The fourth-order valence-electron chi connectivity index (χ4n) is 4.53. The van der Waals surface area contributed by atoms with Crippen LogP contribution in [0.4, 0.5) is 5.69 Å². The van der Waals surface area contributed by atoms with Crippen molar-refractivity contribution in [3.63, 3.8) is 0 Å². The lowest BCUT2D eigenvalue weighted by atomic mass is 10.1. The Kier molecular flexibility index (Phi) is 5.99. The summed E-state index contributed by atoms with van der Waals surface area (Å²) in [5.41, 5.74) is 5.34. The number of hydrogen-bond donors (Lipinski definition) is 1. The highest BCUT2D eigenvalue weighted by Crippen LogP contribution is 2.32. The van der Waals surface area contributed by atoms with E-state index in [-0.39, 0.29) is 5.56 Å². The van der Waals surface area contributed by atoms with Crippen LogP contribution in [0.3, 0.4) is 0 Å². The number of nitrogens with zero attached hydrogens (tertiary/aromatic N) is 6. The molecule has 37 heavy (non-hydrogen) atoms. The zero-order valence-electron chi connectivity index (χ0n) is 19.6. The van der Waals surface area contributed by atoms with Gasteiger partial charge in [0.15, 0.2) is 10.8 Å². The summed E-state index contributed by atoms with van der Waals surface area (Å²) in [4.78, 5) is 27.6. The summed E-state index contributed by atoms with van der Waals surface area (Å²) >= 11 is 6.47. The molecule has 0 aliphatic carbocycles. The summed E-state index contributed by atoms with van der Waals surface area (Å²) in [7, 11) is 0. The zero-order chi connectivity index (χ0) is 25.4. The topological polar surface area (TPSA) is 106 Å². The van der Waals surface area contributed by atoms with Crippen molar-refractivity contribution >= 4 is 52.0 Å². The SMILES string of the molecule is O=C(O)c1cccc2nc(C=Cc3nc4c(N5CCOCC5)cc(Cl)nn4c3-c3cccnc3)ccc12. The summed E-state index contributed by atoms with van der Waals surface area (Å²) in [6.07, 6.45) is 7.21. The number of pyridine rings is 2. The van der Waals surface area contributed by atoms with Gasteiger partial charge in [0.1, 0.15) is 5.69 Å². The number of carboxylic acids is 1. The first-order valence-corrected chi connectivity index (χ1v) is 12.1. The average molecular weight is 513 g/mol. The molecule has 5 heterocycles. The number of aromatic nitrogens is 5. The monoisotopic (exact) mass is 512 g/mol. The second-order valence-electron chi connectivity index (χ2n) is 8.52. The van der Waals surface area contributed by atoms with Gasteiger partial charge in [-0.15, -0.1) is 0 Å². The van der Waals surface area contributed by atoms with Crippen molar-refractivity contribution in [1.82, 2.24) is 24.6 Å². The number of imidazole rings is 1. The molecule has 0 saturated carbocycles. The highest BCUT2D eigenvalue weighted by Gasteiger charge is 2.22. The summed E-state index contributed by atoms with van der Waals surface area (Å²) < 4.78 is 7.28. The van der Waals surface area contributed by atoms with E-state index in [9.17, 15) is 9.90 Å². The molecule has 1 saturated heterocycles. The molecular weight excluding hydrogens is 492 g/mol. The van der Waals surface area contributed by atoms with Gasteiger partial charge in [-0.1, -0.05) is 17.7 Å². The number of aromatic carboxylic acids is 1.